The fourth-order valence-corrected chi connectivity index (χ4v) is 9.42. The minimum absolute atomic E-state index is 0.576. The number of para-hydroxylation sites is 3. The third-order valence-corrected chi connectivity index (χ3v) is 12.0. The molecule has 0 atom stereocenters. The van der Waals surface area contributed by atoms with E-state index in [0.717, 1.165) is 61.4 Å². The van der Waals surface area contributed by atoms with Crippen LogP contribution in [0.25, 0.3) is 92.2 Å². The van der Waals surface area contributed by atoms with E-state index < -0.39 is 0 Å². The summed E-state index contributed by atoms with van der Waals surface area (Å²) in [6.45, 7) is 0. The summed E-state index contributed by atoms with van der Waals surface area (Å²) >= 11 is 1.84. The highest BCUT2D eigenvalue weighted by atomic mass is 32.1. The van der Waals surface area contributed by atoms with Crippen molar-refractivity contribution in [2.75, 3.05) is 4.90 Å². The van der Waals surface area contributed by atoms with Gasteiger partial charge in [-0.1, -0.05) is 72.8 Å². The number of aromatic nitrogens is 2. The van der Waals surface area contributed by atoms with Crippen LogP contribution in [0.1, 0.15) is 0 Å². The predicted molar refractivity (Wildman–Crippen MR) is 229 cm³/mol. The van der Waals surface area contributed by atoms with Crippen molar-refractivity contribution in [3.63, 3.8) is 0 Å². The summed E-state index contributed by atoms with van der Waals surface area (Å²) in [6, 6.07) is 62.2. The normalized spacial score (nSPS) is 12.0. The smallest absolute Gasteiger partial charge is 0.227 e. The molecule has 0 unspecified atom stereocenters. The van der Waals surface area contributed by atoms with Crippen molar-refractivity contribution < 1.29 is 8.83 Å². The van der Waals surface area contributed by atoms with Gasteiger partial charge in [0.15, 0.2) is 5.58 Å². The van der Waals surface area contributed by atoms with Gasteiger partial charge in [0.1, 0.15) is 16.7 Å². The summed E-state index contributed by atoms with van der Waals surface area (Å²) in [7, 11) is 0. The molecular weight excluding hydrogens is 695 g/mol. The SMILES string of the molecule is c1ccc(-n2c3ccccc3c3cc(N(c4ccc(-c5nc6c(ccc7oc8ccccc8c76)o5)cc4)c4ccc5sc6ccccc6c5c4)ccc32)cc1. The van der Waals surface area contributed by atoms with Gasteiger partial charge < -0.3 is 18.3 Å². The maximum atomic E-state index is 6.39. The number of benzene rings is 8. The lowest BCUT2D eigenvalue weighted by Crippen LogP contribution is -2.09. The van der Waals surface area contributed by atoms with Crippen LogP contribution in [-0.4, -0.2) is 9.55 Å². The van der Waals surface area contributed by atoms with Crippen molar-refractivity contribution >= 4 is 103 Å². The molecular formula is C49H29N3O2S. The van der Waals surface area contributed by atoms with Crippen LogP contribution < -0.4 is 4.90 Å². The van der Waals surface area contributed by atoms with Gasteiger partial charge in [-0.05, 0) is 103 Å². The second kappa shape index (κ2) is 11.7. The third-order valence-electron chi connectivity index (χ3n) is 10.8. The van der Waals surface area contributed by atoms with Gasteiger partial charge >= 0.3 is 0 Å². The molecule has 0 N–H and O–H groups in total. The minimum atomic E-state index is 0.576. The van der Waals surface area contributed by atoms with E-state index >= 15 is 0 Å². The van der Waals surface area contributed by atoms with E-state index in [1.807, 2.05) is 41.7 Å². The van der Waals surface area contributed by atoms with Crippen molar-refractivity contribution in [3.8, 4) is 17.1 Å². The maximum Gasteiger partial charge on any atom is 0.227 e. The summed E-state index contributed by atoms with van der Waals surface area (Å²) in [5.41, 5.74) is 10.8. The Hall–Kier alpha value is -7.15. The molecule has 12 aromatic rings. The second-order valence-corrected chi connectivity index (χ2v) is 15.0. The molecule has 0 aliphatic heterocycles. The lowest BCUT2D eigenvalue weighted by atomic mass is 10.1. The number of hydrogen-bond donors (Lipinski definition) is 0. The zero-order valence-corrected chi connectivity index (χ0v) is 30.1. The molecule has 258 valence electrons. The van der Waals surface area contributed by atoms with E-state index in [1.165, 1.54) is 42.0 Å². The molecule has 0 fully saturated rings. The molecule has 0 aliphatic rings. The molecule has 12 rings (SSSR count). The van der Waals surface area contributed by atoms with Crippen molar-refractivity contribution in [2.24, 2.45) is 0 Å². The molecule has 6 heteroatoms. The Bertz CT molecular complexity index is 3440. The fraction of sp³-hybridized carbons (Fsp3) is 0. The number of thiophene rings is 1. The first-order valence-electron chi connectivity index (χ1n) is 18.4. The van der Waals surface area contributed by atoms with Crippen LogP contribution in [-0.2, 0) is 0 Å². The average Bonchev–Trinajstić information content (AvgIpc) is 4.01. The fourth-order valence-electron chi connectivity index (χ4n) is 8.33. The van der Waals surface area contributed by atoms with Gasteiger partial charge in [-0.25, -0.2) is 4.98 Å². The molecule has 0 aliphatic carbocycles. The molecule has 0 bridgehead atoms. The molecule has 0 radical (unpaired) electrons. The van der Waals surface area contributed by atoms with E-state index in [9.17, 15) is 0 Å². The van der Waals surface area contributed by atoms with Crippen molar-refractivity contribution in [3.05, 3.63) is 176 Å². The Kier molecular flexibility index (Phi) is 6.44. The highest BCUT2D eigenvalue weighted by Gasteiger charge is 2.20. The quantitative estimate of drug-likeness (QED) is 0.177. The van der Waals surface area contributed by atoms with Crippen LogP contribution in [0.3, 0.4) is 0 Å². The van der Waals surface area contributed by atoms with Gasteiger partial charge in [-0.15, -0.1) is 11.3 Å². The van der Waals surface area contributed by atoms with Gasteiger partial charge in [0, 0.05) is 64.6 Å². The first kappa shape index (κ1) is 30.3. The van der Waals surface area contributed by atoms with Crippen LogP contribution in [0, 0.1) is 0 Å². The number of fused-ring (bicyclic) bond motifs is 11. The van der Waals surface area contributed by atoms with E-state index in [1.54, 1.807) is 0 Å². The Morgan fingerprint density at radius 2 is 1.11 bits per heavy atom. The van der Waals surface area contributed by atoms with Gasteiger partial charge in [0.25, 0.3) is 0 Å². The maximum absolute atomic E-state index is 6.39. The Balaban J connectivity index is 1.03. The highest BCUT2D eigenvalue weighted by molar-refractivity contribution is 7.25. The van der Waals surface area contributed by atoms with Crippen molar-refractivity contribution in [1.82, 2.24) is 9.55 Å². The monoisotopic (exact) mass is 723 g/mol. The predicted octanol–water partition coefficient (Wildman–Crippen LogP) is 14.3. The van der Waals surface area contributed by atoms with Gasteiger partial charge in [0.2, 0.25) is 5.89 Å². The summed E-state index contributed by atoms with van der Waals surface area (Å²) in [5.74, 6) is 0.576. The van der Waals surface area contributed by atoms with Crippen LogP contribution in [0.5, 0.6) is 0 Å². The van der Waals surface area contributed by atoms with Crippen LogP contribution in [0.15, 0.2) is 185 Å². The van der Waals surface area contributed by atoms with E-state index in [4.69, 9.17) is 13.8 Å². The molecule has 0 saturated heterocycles. The van der Waals surface area contributed by atoms with Gasteiger partial charge in [-0.2, -0.15) is 0 Å². The molecule has 4 aromatic heterocycles. The van der Waals surface area contributed by atoms with E-state index in [2.05, 4.69) is 155 Å². The molecule has 5 nitrogen and oxygen atoms in total. The number of oxazole rings is 1. The zero-order valence-electron chi connectivity index (χ0n) is 29.3. The Labute approximate surface area is 318 Å². The van der Waals surface area contributed by atoms with Gasteiger partial charge in [-0.3, -0.25) is 0 Å². The highest BCUT2D eigenvalue weighted by Crippen LogP contribution is 2.43. The molecule has 0 saturated carbocycles. The molecule has 8 aromatic carbocycles. The van der Waals surface area contributed by atoms with E-state index in [0.29, 0.717) is 5.89 Å². The first-order valence-corrected chi connectivity index (χ1v) is 19.2. The second-order valence-electron chi connectivity index (χ2n) is 14.0. The topological polar surface area (TPSA) is 47.3 Å². The Morgan fingerprint density at radius 3 is 1.98 bits per heavy atom. The number of nitrogens with zero attached hydrogens (tertiary/aromatic N) is 3. The third kappa shape index (κ3) is 4.62. The summed E-state index contributed by atoms with van der Waals surface area (Å²) < 4.78 is 17.4. The lowest BCUT2D eigenvalue weighted by molar-refractivity contribution is 0.619. The minimum Gasteiger partial charge on any atom is -0.456 e. The number of anilines is 3. The van der Waals surface area contributed by atoms with Crippen LogP contribution >= 0.6 is 11.3 Å². The number of furan rings is 1. The average molecular weight is 724 g/mol. The van der Waals surface area contributed by atoms with Crippen molar-refractivity contribution in [2.45, 2.75) is 0 Å². The molecule has 0 spiro atoms. The van der Waals surface area contributed by atoms with Crippen LogP contribution in [0.2, 0.25) is 0 Å². The standard InChI is InChI=1S/C49H29N3O2S/c1-2-10-31(11-3-1)52-40-15-7-4-12-35(40)38-28-33(22-24-41(38)52)51(34-23-27-46-39(29-34)36-13-6-9-17-45(36)55-46)32-20-18-30(19-21-32)49-50-48-44(54-49)26-25-43-47(48)37-14-5-8-16-42(37)53-43/h1-29H. The molecule has 0 amide bonds. The zero-order chi connectivity index (χ0) is 36.0. The van der Waals surface area contributed by atoms with Crippen LogP contribution in [0.4, 0.5) is 17.1 Å². The molecule has 4 heterocycles. The summed E-state index contributed by atoms with van der Waals surface area (Å²) in [4.78, 5) is 7.39. The Morgan fingerprint density at radius 1 is 0.455 bits per heavy atom. The number of hydrogen-bond acceptors (Lipinski definition) is 5. The molecule has 55 heavy (non-hydrogen) atoms. The lowest BCUT2D eigenvalue weighted by Gasteiger charge is -2.26. The van der Waals surface area contributed by atoms with Crippen molar-refractivity contribution in [1.29, 1.82) is 0 Å². The summed E-state index contributed by atoms with van der Waals surface area (Å²) in [5, 5.41) is 6.96. The summed E-state index contributed by atoms with van der Waals surface area (Å²) in [6.07, 6.45) is 0. The first-order chi connectivity index (χ1) is 27.2. The largest absolute Gasteiger partial charge is 0.456 e. The van der Waals surface area contributed by atoms with Gasteiger partial charge in [0.05, 0.1) is 16.4 Å². The number of rotatable bonds is 5. The van der Waals surface area contributed by atoms with E-state index in [-0.39, 0.29) is 0 Å².